The Bertz CT molecular complexity index is 1150. The Hall–Kier alpha value is -3.50. The molecule has 0 atom stereocenters. The average Bonchev–Trinajstić information content (AvgIpc) is 2.90. The van der Waals surface area contributed by atoms with E-state index in [2.05, 4.69) is 5.32 Å². The van der Waals surface area contributed by atoms with Gasteiger partial charge < -0.3 is 24.2 Å². The number of benzene rings is 2. The summed E-state index contributed by atoms with van der Waals surface area (Å²) < 4.78 is 16.3. The zero-order valence-corrected chi connectivity index (χ0v) is 22.6. The van der Waals surface area contributed by atoms with Gasteiger partial charge in [-0.1, -0.05) is 25.1 Å². The van der Waals surface area contributed by atoms with Crippen LogP contribution < -0.4 is 19.1 Å². The van der Waals surface area contributed by atoms with Crippen molar-refractivity contribution in [2.45, 2.75) is 52.0 Å². The van der Waals surface area contributed by atoms with Gasteiger partial charge in [-0.15, -0.1) is 0 Å². The predicted molar refractivity (Wildman–Crippen MR) is 148 cm³/mol. The molecule has 2 amide bonds. The van der Waals surface area contributed by atoms with Crippen LogP contribution in [0.2, 0.25) is 0 Å². The van der Waals surface area contributed by atoms with E-state index < -0.39 is 5.97 Å². The first-order chi connectivity index (χ1) is 18.4. The second-order valence-corrected chi connectivity index (χ2v) is 9.40. The molecule has 10 heteroatoms. The van der Waals surface area contributed by atoms with Crippen LogP contribution in [-0.4, -0.2) is 43.2 Å². The van der Waals surface area contributed by atoms with Crippen LogP contribution in [-0.2, 0) is 25.1 Å². The number of amides is 2. The fourth-order valence-electron chi connectivity index (χ4n) is 3.96. The highest BCUT2D eigenvalue weighted by Gasteiger charge is 2.22. The normalized spacial score (nSPS) is 12.9. The molecule has 0 aliphatic carbocycles. The van der Waals surface area contributed by atoms with E-state index in [4.69, 9.17) is 18.2 Å². The monoisotopic (exact) mass is 542 g/mol. The number of fused-ring (bicyclic) bond motifs is 2. The summed E-state index contributed by atoms with van der Waals surface area (Å²) in [5, 5.41) is 11.4. The topological polar surface area (TPSA) is 114 Å². The van der Waals surface area contributed by atoms with Crippen molar-refractivity contribution in [3.05, 3.63) is 53.1 Å². The summed E-state index contributed by atoms with van der Waals surface area (Å²) in [5.74, 6) is 0.0778. The van der Waals surface area contributed by atoms with Crippen LogP contribution in [0.1, 0.15) is 62.1 Å². The van der Waals surface area contributed by atoms with Crippen LogP contribution in [0, 0.1) is 0 Å². The number of aliphatic carboxylic acids is 1. The largest absolute Gasteiger partial charge is 0.494 e. The fourth-order valence-corrected chi connectivity index (χ4v) is 4.21. The minimum Gasteiger partial charge on any atom is -0.494 e. The van der Waals surface area contributed by atoms with Crippen LogP contribution >= 0.6 is 12.3 Å². The third kappa shape index (κ3) is 8.81. The minimum absolute atomic E-state index is 0.00282. The Morgan fingerprint density at radius 3 is 2.53 bits per heavy atom. The van der Waals surface area contributed by atoms with E-state index in [1.807, 2.05) is 49.4 Å². The summed E-state index contributed by atoms with van der Waals surface area (Å²) in [6.07, 6.45) is 5.98. The molecule has 1 aliphatic rings. The molecule has 0 radical (unpaired) electrons. The van der Waals surface area contributed by atoms with Crippen LogP contribution in [0.15, 0.2) is 36.4 Å². The number of carbonyl (C=O) groups is 3. The number of carboxylic acids is 1. The lowest BCUT2D eigenvalue weighted by Gasteiger charge is -2.28. The Morgan fingerprint density at radius 1 is 1.00 bits per heavy atom. The predicted octanol–water partition coefficient (Wildman–Crippen LogP) is 5.23. The van der Waals surface area contributed by atoms with E-state index in [-0.39, 0.29) is 31.1 Å². The number of carboxylic acid groups (broad SMARTS) is 1. The molecule has 0 fully saturated rings. The molecule has 0 saturated carbocycles. The van der Waals surface area contributed by atoms with Crippen molar-refractivity contribution in [1.82, 2.24) is 5.32 Å². The number of ether oxygens (including phenoxy) is 1. The van der Waals surface area contributed by atoms with Crippen molar-refractivity contribution in [3.63, 3.8) is 0 Å². The van der Waals surface area contributed by atoms with Gasteiger partial charge in [0.15, 0.2) is 0 Å². The molecular weight excluding hydrogens is 508 g/mol. The van der Waals surface area contributed by atoms with Crippen molar-refractivity contribution >= 4 is 47.9 Å². The van der Waals surface area contributed by atoms with E-state index in [1.165, 1.54) is 7.11 Å². The molecule has 38 heavy (non-hydrogen) atoms. The van der Waals surface area contributed by atoms with Gasteiger partial charge in [-0.05, 0) is 60.2 Å². The summed E-state index contributed by atoms with van der Waals surface area (Å²) in [5.41, 5.74) is 3.50. The van der Waals surface area contributed by atoms with Crippen molar-refractivity contribution in [2.24, 2.45) is 0 Å². The van der Waals surface area contributed by atoms with Crippen molar-refractivity contribution < 1.29 is 32.6 Å². The van der Waals surface area contributed by atoms with Crippen LogP contribution in [0.25, 0.3) is 12.2 Å². The number of hydrogen-bond acceptors (Lipinski definition) is 7. The van der Waals surface area contributed by atoms with Gasteiger partial charge in [0.1, 0.15) is 11.5 Å². The second-order valence-electron chi connectivity index (χ2n) is 8.76. The molecule has 1 aliphatic heterocycles. The maximum Gasteiger partial charge on any atom is 0.303 e. The highest BCUT2D eigenvalue weighted by atomic mass is 32.2. The fraction of sp³-hybridized carbons (Fsp3) is 0.393. The number of nitrogens with one attached hydrogen (secondary N) is 1. The lowest BCUT2D eigenvalue weighted by atomic mass is 10.00. The highest BCUT2D eigenvalue weighted by molar-refractivity contribution is 7.90. The number of carbonyl (C=O) groups excluding carboxylic acids is 2. The molecule has 9 nitrogen and oxygen atoms in total. The smallest absolute Gasteiger partial charge is 0.303 e. The van der Waals surface area contributed by atoms with E-state index in [0.717, 1.165) is 41.2 Å². The maximum absolute atomic E-state index is 13.5. The Morgan fingerprint density at radius 2 is 1.76 bits per heavy atom. The summed E-state index contributed by atoms with van der Waals surface area (Å²) in [6, 6.07) is 11.4. The lowest BCUT2D eigenvalue weighted by Crippen LogP contribution is -2.32. The van der Waals surface area contributed by atoms with Gasteiger partial charge in [0, 0.05) is 31.9 Å². The molecule has 2 aromatic carbocycles. The van der Waals surface area contributed by atoms with Crippen molar-refractivity contribution in [1.29, 1.82) is 0 Å². The van der Waals surface area contributed by atoms with Gasteiger partial charge in [0.25, 0.3) is 0 Å². The standard InChI is InChI=1S/C28H34N2O7S/c1-3-16-36-23-13-11-20-9-10-21-12-14-24(37-38-35-2)18-25(21)30(19-22(20)17-23)27(32)7-4-6-26(31)29-15-5-8-28(33)34/h9-14,17-18H,3-8,15-16,19H2,1-2H3,(H,29,31)(H,33,34)/b10-9-. The number of rotatable bonds is 14. The molecule has 1 heterocycles. The molecule has 204 valence electrons. The molecule has 2 N–H and O–H groups in total. The summed E-state index contributed by atoms with van der Waals surface area (Å²) in [7, 11) is 1.51. The van der Waals surface area contributed by atoms with Gasteiger partial charge in [-0.3, -0.25) is 18.6 Å². The molecule has 3 rings (SSSR count). The van der Waals surface area contributed by atoms with E-state index in [9.17, 15) is 14.4 Å². The molecule has 2 aromatic rings. The van der Waals surface area contributed by atoms with E-state index >= 15 is 0 Å². The third-order valence-corrected chi connectivity index (χ3v) is 6.23. The molecule has 0 aromatic heterocycles. The van der Waals surface area contributed by atoms with Gasteiger partial charge in [0.2, 0.25) is 24.1 Å². The zero-order chi connectivity index (χ0) is 27.3. The molecule has 0 spiro atoms. The summed E-state index contributed by atoms with van der Waals surface area (Å²) in [4.78, 5) is 38.0. The molecule has 0 bridgehead atoms. The Balaban J connectivity index is 1.78. The minimum atomic E-state index is -0.895. The van der Waals surface area contributed by atoms with Gasteiger partial charge in [-0.2, -0.15) is 0 Å². The van der Waals surface area contributed by atoms with Crippen molar-refractivity contribution in [3.8, 4) is 11.5 Å². The highest BCUT2D eigenvalue weighted by Crippen LogP contribution is 2.34. The zero-order valence-electron chi connectivity index (χ0n) is 21.7. The summed E-state index contributed by atoms with van der Waals surface area (Å²) in [6.45, 7) is 3.28. The van der Waals surface area contributed by atoms with E-state index in [1.54, 1.807) is 11.0 Å². The Labute approximate surface area is 227 Å². The maximum atomic E-state index is 13.5. The van der Waals surface area contributed by atoms with Crippen LogP contribution in [0.3, 0.4) is 0 Å². The van der Waals surface area contributed by atoms with Crippen molar-refractivity contribution in [2.75, 3.05) is 25.2 Å². The SMILES string of the molecule is CCCOc1ccc2c(c1)CN(C(=O)CCCC(=O)NCCCC(=O)O)c1cc(OSOC)ccc1/C=C\2. The van der Waals surface area contributed by atoms with Crippen LogP contribution in [0.4, 0.5) is 5.69 Å². The first kappa shape index (κ1) is 29.1. The van der Waals surface area contributed by atoms with Gasteiger partial charge >= 0.3 is 5.97 Å². The molecule has 0 unspecified atom stereocenters. The molecular formula is C28H34N2O7S. The van der Waals surface area contributed by atoms with Crippen LogP contribution in [0.5, 0.6) is 11.5 Å². The first-order valence-electron chi connectivity index (χ1n) is 12.6. The Kier molecular flexibility index (Phi) is 11.5. The quantitative estimate of drug-likeness (QED) is 0.246. The third-order valence-electron chi connectivity index (χ3n) is 5.83. The first-order valence-corrected chi connectivity index (χ1v) is 13.3. The number of nitrogens with zero attached hydrogens (tertiary/aromatic N) is 1. The number of anilines is 1. The van der Waals surface area contributed by atoms with E-state index in [0.29, 0.717) is 44.0 Å². The second kappa shape index (κ2) is 15.0. The summed E-state index contributed by atoms with van der Waals surface area (Å²) >= 11 is 0.841. The van der Waals surface area contributed by atoms with Gasteiger partial charge in [0.05, 0.1) is 25.9 Å². The molecule has 0 saturated heterocycles. The lowest BCUT2D eigenvalue weighted by molar-refractivity contribution is -0.137. The van der Waals surface area contributed by atoms with Gasteiger partial charge in [-0.25, -0.2) is 0 Å². The average molecular weight is 543 g/mol. The number of hydrogen-bond donors (Lipinski definition) is 2.